The van der Waals surface area contributed by atoms with Gasteiger partial charge in [-0.25, -0.2) is 0 Å². The largest absolute Gasteiger partial charge is 0.370 e. The van der Waals surface area contributed by atoms with Crippen molar-refractivity contribution in [2.75, 3.05) is 0 Å². The predicted octanol–water partition coefficient (Wildman–Crippen LogP) is 1.27. The van der Waals surface area contributed by atoms with Crippen LogP contribution in [0, 0.1) is 17.8 Å². The monoisotopic (exact) mass is 163 g/mol. The van der Waals surface area contributed by atoms with Gasteiger partial charge in [-0.05, 0) is 11.8 Å². The molecule has 0 radical (unpaired) electrons. The summed E-state index contributed by atoms with van der Waals surface area (Å²) in [4.78, 5) is 1.07. The zero-order chi connectivity index (χ0) is 7.42. The summed E-state index contributed by atoms with van der Waals surface area (Å²) in [6.07, 6.45) is 9.07. The van der Waals surface area contributed by atoms with E-state index in [0.717, 1.165) is 16.8 Å². The van der Waals surface area contributed by atoms with Gasteiger partial charge in [0.25, 0.3) is 0 Å². The summed E-state index contributed by atoms with van der Waals surface area (Å²) in [7, 11) is 0. The second-order valence-corrected chi connectivity index (χ2v) is 3.92. The van der Waals surface area contributed by atoms with Crippen LogP contribution < -0.4 is 5.32 Å². The number of nitrogens with one attached hydrogen (secondary N) is 1. The molecule has 4 rings (SSSR count). The Morgan fingerprint density at radius 3 is 2.36 bits per heavy atom. The summed E-state index contributed by atoms with van der Waals surface area (Å²) >= 11 is 5.26. The summed E-state index contributed by atoms with van der Waals surface area (Å²) in [5, 5.41) is 3.32. The second-order valence-electron chi connectivity index (χ2n) is 3.48. The first-order chi connectivity index (χ1) is 5.36. The first-order valence-corrected chi connectivity index (χ1v) is 4.44. The van der Waals surface area contributed by atoms with Gasteiger partial charge < -0.3 is 5.32 Å². The van der Waals surface area contributed by atoms with Crippen LogP contribution in [0.25, 0.3) is 0 Å². The molecule has 1 fully saturated rings. The third-order valence-electron chi connectivity index (χ3n) is 2.83. The van der Waals surface area contributed by atoms with E-state index in [-0.39, 0.29) is 0 Å². The minimum Gasteiger partial charge on any atom is -0.370 e. The van der Waals surface area contributed by atoms with Gasteiger partial charge in [-0.2, -0.15) is 0 Å². The van der Waals surface area contributed by atoms with Gasteiger partial charge in [-0.1, -0.05) is 36.5 Å². The Hall–Kier alpha value is -0.630. The van der Waals surface area contributed by atoms with E-state index in [0.29, 0.717) is 12.0 Å². The van der Waals surface area contributed by atoms with Gasteiger partial charge in [-0.3, -0.25) is 0 Å². The molecule has 11 heavy (non-hydrogen) atoms. The highest BCUT2D eigenvalue weighted by molar-refractivity contribution is 7.80. The number of thiocarbonyl (C=S) groups is 1. The highest BCUT2D eigenvalue weighted by Gasteiger charge is 2.51. The molecule has 0 amide bonds. The molecular formula is C9H9NS. The zero-order valence-electron chi connectivity index (χ0n) is 6.03. The maximum absolute atomic E-state index is 5.26. The molecule has 0 unspecified atom stereocenters. The van der Waals surface area contributed by atoms with Crippen LogP contribution in [0.15, 0.2) is 24.3 Å². The molecule has 1 N–H and O–H groups in total. The van der Waals surface area contributed by atoms with E-state index in [9.17, 15) is 0 Å². The lowest BCUT2D eigenvalue weighted by Crippen LogP contribution is -2.30. The Labute approximate surface area is 71.2 Å². The van der Waals surface area contributed by atoms with Gasteiger partial charge in [0.15, 0.2) is 0 Å². The highest BCUT2D eigenvalue weighted by Crippen LogP contribution is 2.51. The minimum atomic E-state index is 0.377. The van der Waals surface area contributed by atoms with Crippen LogP contribution in [0.3, 0.4) is 0 Å². The molecule has 4 bridgehead atoms. The maximum atomic E-state index is 5.26. The van der Waals surface area contributed by atoms with E-state index in [2.05, 4.69) is 29.6 Å². The molecule has 2 atom stereocenters. The van der Waals surface area contributed by atoms with E-state index < -0.39 is 0 Å². The number of hydrogen-bond acceptors (Lipinski definition) is 1. The van der Waals surface area contributed by atoms with Crippen molar-refractivity contribution in [1.82, 2.24) is 5.32 Å². The molecule has 2 heteroatoms. The fourth-order valence-corrected chi connectivity index (χ4v) is 2.57. The summed E-state index contributed by atoms with van der Waals surface area (Å²) in [6.45, 7) is 0. The van der Waals surface area contributed by atoms with Crippen molar-refractivity contribution in [3.05, 3.63) is 24.3 Å². The summed E-state index contributed by atoms with van der Waals surface area (Å²) in [6, 6.07) is 0.377. The Balaban J connectivity index is 2.11. The third kappa shape index (κ3) is 0.679. The minimum absolute atomic E-state index is 0.377. The predicted molar refractivity (Wildman–Crippen MR) is 48.3 cm³/mol. The molecule has 0 aromatic heterocycles. The number of allylic oxidation sites excluding steroid dienone is 2. The van der Waals surface area contributed by atoms with Crippen molar-refractivity contribution in [2.45, 2.75) is 6.04 Å². The zero-order valence-corrected chi connectivity index (χ0v) is 6.84. The molecule has 2 heterocycles. The van der Waals surface area contributed by atoms with Crippen LogP contribution in [0.2, 0.25) is 0 Å². The topological polar surface area (TPSA) is 12.0 Å². The van der Waals surface area contributed by atoms with E-state index in [1.807, 2.05) is 0 Å². The third-order valence-corrected chi connectivity index (χ3v) is 3.22. The lowest BCUT2D eigenvalue weighted by molar-refractivity contribution is 0.884. The quantitative estimate of drug-likeness (QED) is 0.426. The fourth-order valence-electron chi connectivity index (χ4n) is 2.12. The van der Waals surface area contributed by atoms with E-state index in [1.165, 1.54) is 0 Å². The first-order valence-electron chi connectivity index (χ1n) is 4.03. The van der Waals surface area contributed by atoms with Crippen molar-refractivity contribution >= 4 is 17.2 Å². The summed E-state index contributed by atoms with van der Waals surface area (Å²) in [5.74, 6) is 2.07. The fraction of sp³-hybridized carbons (Fsp3) is 0.444. The molecule has 0 saturated heterocycles. The Morgan fingerprint density at radius 2 is 1.73 bits per heavy atom. The number of fused-ring (bicyclic) bond motifs is 1. The van der Waals surface area contributed by atoms with Crippen molar-refractivity contribution in [2.24, 2.45) is 17.8 Å². The summed E-state index contributed by atoms with van der Waals surface area (Å²) < 4.78 is 0. The molecule has 56 valence electrons. The van der Waals surface area contributed by atoms with Gasteiger partial charge in [0.2, 0.25) is 0 Å². The molecular weight excluding hydrogens is 154 g/mol. The van der Waals surface area contributed by atoms with Gasteiger partial charge in [0.05, 0.1) is 11.0 Å². The van der Waals surface area contributed by atoms with Crippen LogP contribution in [0.4, 0.5) is 0 Å². The number of rotatable bonds is 0. The number of hydrogen-bond donors (Lipinski definition) is 1. The normalized spacial score (nSPS) is 50.0. The van der Waals surface area contributed by atoms with Gasteiger partial charge >= 0.3 is 0 Å². The SMILES string of the molecule is S=C1NC2C=C[C@@H]3C1[C@H]3C=C2. The Morgan fingerprint density at radius 1 is 1.09 bits per heavy atom. The van der Waals surface area contributed by atoms with Crippen LogP contribution in [0.1, 0.15) is 0 Å². The standard InChI is InChI=1S/C9H9NS/c11-9-8-6-3-1-5(10-9)2-4-7(6)8/h1-8H,(H,10,11)/t5?,6-,7-,8?/m0/s1. The average Bonchev–Trinajstić information content (AvgIpc) is 2.64. The molecule has 0 spiro atoms. The van der Waals surface area contributed by atoms with Crippen LogP contribution in [-0.2, 0) is 0 Å². The molecule has 1 saturated carbocycles. The van der Waals surface area contributed by atoms with Crippen LogP contribution in [0.5, 0.6) is 0 Å². The molecule has 2 aliphatic heterocycles. The molecule has 2 aliphatic carbocycles. The Bertz CT molecular complexity index is 259. The van der Waals surface area contributed by atoms with Crippen molar-refractivity contribution in [3.63, 3.8) is 0 Å². The smallest absolute Gasteiger partial charge is 0.0804 e. The lowest BCUT2D eigenvalue weighted by Gasteiger charge is -2.08. The van der Waals surface area contributed by atoms with Crippen molar-refractivity contribution in [3.8, 4) is 0 Å². The van der Waals surface area contributed by atoms with E-state index in [4.69, 9.17) is 12.2 Å². The van der Waals surface area contributed by atoms with Crippen LogP contribution >= 0.6 is 12.2 Å². The average molecular weight is 163 g/mol. The molecule has 0 aromatic rings. The lowest BCUT2D eigenvalue weighted by atomic mass is 10.2. The van der Waals surface area contributed by atoms with E-state index >= 15 is 0 Å². The summed E-state index contributed by atoms with van der Waals surface area (Å²) in [5.41, 5.74) is 0. The van der Waals surface area contributed by atoms with Crippen molar-refractivity contribution < 1.29 is 0 Å². The van der Waals surface area contributed by atoms with Crippen LogP contribution in [-0.4, -0.2) is 11.0 Å². The molecule has 4 aliphatic rings. The maximum Gasteiger partial charge on any atom is 0.0804 e. The Kier molecular flexibility index (Phi) is 0.946. The van der Waals surface area contributed by atoms with Gasteiger partial charge in [0.1, 0.15) is 0 Å². The van der Waals surface area contributed by atoms with Gasteiger partial charge in [0, 0.05) is 5.92 Å². The van der Waals surface area contributed by atoms with Crippen molar-refractivity contribution in [1.29, 1.82) is 0 Å². The molecule has 0 aromatic carbocycles. The van der Waals surface area contributed by atoms with E-state index in [1.54, 1.807) is 0 Å². The first kappa shape index (κ1) is 5.95. The van der Waals surface area contributed by atoms with Gasteiger partial charge in [-0.15, -0.1) is 0 Å². The highest BCUT2D eigenvalue weighted by atomic mass is 32.1. The molecule has 1 nitrogen and oxygen atoms in total. The second kappa shape index (κ2) is 1.75.